The smallest absolute Gasteiger partial charge is 0.393 e. The molecule has 0 radical (unpaired) electrons. The van der Waals surface area contributed by atoms with Crippen LogP contribution in [0.4, 0.5) is 8.78 Å². The Balaban J connectivity index is 3.19. The Hall–Kier alpha value is -1.13. The molecule has 1 heterocycles. The van der Waals surface area contributed by atoms with Crippen LogP contribution in [-0.2, 0) is 5.41 Å². The van der Waals surface area contributed by atoms with E-state index in [4.69, 9.17) is 4.42 Å². The lowest BCUT2D eigenvalue weighted by Crippen LogP contribution is -2.12. The van der Waals surface area contributed by atoms with E-state index >= 15 is 0 Å². The molecule has 0 unspecified atom stereocenters. The number of oxazole rings is 1. The standard InChI is InChI=1S/C9H13F2NO2/c1-9(2,3)6-5(7(10)11)12-8(13-4)14-6/h7H,1-4H3. The quantitative estimate of drug-likeness (QED) is 0.744. The van der Waals surface area contributed by atoms with Gasteiger partial charge in [0.25, 0.3) is 6.43 Å². The third-order valence-corrected chi connectivity index (χ3v) is 1.70. The number of aromatic nitrogens is 1. The highest BCUT2D eigenvalue weighted by atomic mass is 19.3. The Morgan fingerprint density at radius 3 is 2.21 bits per heavy atom. The van der Waals surface area contributed by atoms with E-state index in [2.05, 4.69) is 9.72 Å². The van der Waals surface area contributed by atoms with Crippen LogP contribution in [0.2, 0.25) is 0 Å². The van der Waals surface area contributed by atoms with Crippen LogP contribution in [0, 0.1) is 0 Å². The summed E-state index contributed by atoms with van der Waals surface area (Å²) in [5, 5.41) is 0. The monoisotopic (exact) mass is 205 g/mol. The van der Waals surface area contributed by atoms with Gasteiger partial charge in [-0.3, -0.25) is 0 Å². The van der Waals surface area contributed by atoms with Crippen molar-refractivity contribution in [3.05, 3.63) is 11.5 Å². The second-order valence-electron chi connectivity index (χ2n) is 3.95. The van der Waals surface area contributed by atoms with E-state index in [0.29, 0.717) is 0 Å². The van der Waals surface area contributed by atoms with Crippen molar-refractivity contribution >= 4 is 0 Å². The SMILES string of the molecule is COc1nc(C(F)F)c(C(C)(C)C)o1. The maximum Gasteiger partial charge on any atom is 0.393 e. The van der Waals surface area contributed by atoms with Gasteiger partial charge >= 0.3 is 6.08 Å². The number of halogens is 2. The van der Waals surface area contributed by atoms with E-state index in [-0.39, 0.29) is 17.5 Å². The molecular weight excluding hydrogens is 192 g/mol. The summed E-state index contributed by atoms with van der Waals surface area (Å²) in [6, 6.07) is 0. The van der Waals surface area contributed by atoms with Gasteiger partial charge in [0, 0.05) is 5.41 Å². The second kappa shape index (κ2) is 3.55. The zero-order valence-electron chi connectivity index (χ0n) is 8.60. The van der Waals surface area contributed by atoms with E-state index < -0.39 is 11.8 Å². The lowest BCUT2D eigenvalue weighted by atomic mass is 9.92. The molecule has 3 nitrogen and oxygen atoms in total. The predicted molar refractivity (Wildman–Crippen MR) is 46.7 cm³/mol. The van der Waals surface area contributed by atoms with Crippen LogP contribution in [-0.4, -0.2) is 12.1 Å². The van der Waals surface area contributed by atoms with Crippen LogP contribution >= 0.6 is 0 Å². The molecule has 0 N–H and O–H groups in total. The molecule has 14 heavy (non-hydrogen) atoms. The third kappa shape index (κ3) is 2.02. The molecule has 0 saturated heterocycles. The highest BCUT2D eigenvalue weighted by molar-refractivity contribution is 5.20. The zero-order valence-corrected chi connectivity index (χ0v) is 8.60. The molecule has 1 rings (SSSR count). The van der Waals surface area contributed by atoms with Crippen molar-refractivity contribution in [3.63, 3.8) is 0 Å². The van der Waals surface area contributed by atoms with Crippen LogP contribution in [0.1, 0.15) is 38.7 Å². The molecule has 0 saturated carbocycles. The molecule has 0 bridgehead atoms. The van der Waals surface area contributed by atoms with E-state index in [9.17, 15) is 8.78 Å². The number of hydrogen-bond donors (Lipinski definition) is 0. The first-order chi connectivity index (χ1) is 6.36. The highest BCUT2D eigenvalue weighted by Gasteiger charge is 2.30. The topological polar surface area (TPSA) is 35.3 Å². The van der Waals surface area contributed by atoms with Crippen molar-refractivity contribution in [1.82, 2.24) is 4.98 Å². The highest BCUT2D eigenvalue weighted by Crippen LogP contribution is 2.34. The number of nitrogens with zero attached hydrogens (tertiary/aromatic N) is 1. The average Bonchev–Trinajstić information content (AvgIpc) is 2.46. The van der Waals surface area contributed by atoms with Gasteiger partial charge in [0.15, 0.2) is 5.69 Å². The minimum atomic E-state index is -2.64. The Bertz CT molecular complexity index is 315. The third-order valence-electron chi connectivity index (χ3n) is 1.70. The minimum Gasteiger partial charge on any atom is -0.454 e. The summed E-state index contributed by atoms with van der Waals surface area (Å²) in [7, 11) is 1.33. The summed E-state index contributed by atoms with van der Waals surface area (Å²) in [6.07, 6.45) is -2.76. The number of alkyl halides is 2. The average molecular weight is 205 g/mol. The zero-order chi connectivity index (χ0) is 10.9. The predicted octanol–water partition coefficient (Wildman–Crippen LogP) is 2.92. The lowest BCUT2D eigenvalue weighted by Gasteiger charge is -2.15. The Morgan fingerprint density at radius 2 is 1.93 bits per heavy atom. The van der Waals surface area contributed by atoms with Gasteiger partial charge in [-0.05, 0) is 0 Å². The summed E-state index contributed by atoms with van der Waals surface area (Å²) in [5.74, 6) is 0.171. The molecule has 5 heteroatoms. The van der Waals surface area contributed by atoms with Crippen molar-refractivity contribution < 1.29 is 17.9 Å². The van der Waals surface area contributed by atoms with Crippen molar-refractivity contribution in [1.29, 1.82) is 0 Å². The Morgan fingerprint density at radius 1 is 1.36 bits per heavy atom. The largest absolute Gasteiger partial charge is 0.454 e. The molecule has 0 atom stereocenters. The normalized spacial score (nSPS) is 12.2. The first-order valence-electron chi connectivity index (χ1n) is 4.19. The van der Waals surface area contributed by atoms with Gasteiger partial charge in [0.05, 0.1) is 7.11 Å². The van der Waals surface area contributed by atoms with Crippen molar-refractivity contribution in [3.8, 4) is 6.08 Å². The van der Waals surface area contributed by atoms with Crippen LogP contribution in [0.3, 0.4) is 0 Å². The lowest BCUT2D eigenvalue weighted by molar-refractivity contribution is 0.142. The van der Waals surface area contributed by atoms with Crippen molar-refractivity contribution in [2.75, 3.05) is 7.11 Å². The summed E-state index contributed by atoms with van der Waals surface area (Å²) in [4.78, 5) is 3.56. The van der Waals surface area contributed by atoms with Gasteiger partial charge in [-0.25, -0.2) is 8.78 Å². The van der Waals surface area contributed by atoms with Gasteiger partial charge in [-0.15, -0.1) is 0 Å². The molecular formula is C9H13F2NO2. The van der Waals surface area contributed by atoms with Gasteiger partial charge < -0.3 is 9.15 Å². The molecule has 0 amide bonds. The number of rotatable bonds is 2. The molecule has 0 aliphatic carbocycles. The van der Waals surface area contributed by atoms with E-state index in [1.165, 1.54) is 7.11 Å². The van der Waals surface area contributed by atoms with Crippen LogP contribution in [0.5, 0.6) is 6.08 Å². The fourth-order valence-corrected chi connectivity index (χ4v) is 1.08. The molecule has 0 aromatic carbocycles. The fraction of sp³-hybridized carbons (Fsp3) is 0.667. The molecule has 1 aromatic heterocycles. The Kier molecular flexibility index (Phi) is 2.78. The second-order valence-corrected chi connectivity index (χ2v) is 3.95. The molecule has 0 fully saturated rings. The summed E-state index contributed by atoms with van der Waals surface area (Å²) in [5.41, 5.74) is -0.843. The Labute approximate surface area is 81.1 Å². The number of ether oxygens (including phenoxy) is 1. The molecule has 0 aliphatic heterocycles. The van der Waals surface area contributed by atoms with Gasteiger partial charge in [0.2, 0.25) is 0 Å². The van der Waals surface area contributed by atoms with Crippen molar-refractivity contribution in [2.45, 2.75) is 32.6 Å². The van der Waals surface area contributed by atoms with Crippen LogP contribution in [0.15, 0.2) is 4.42 Å². The molecule has 1 aromatic rings. The first kappa shape index (κ1) is 10.9. The number of hydrogen-bond acceptors (Lipinski definition) is 3. The van der Waals surface area contributed by atoms with Gasteiger partial charge in [-0.1, -0.05) is 20.8 Å². The fourth-order valence-electron chi connectivity index (χ4n) is 1.08. The summed E-state index contributed by atoms with van der Waals surface area (Å²) < 4.78 is 34.8. The van der Waals surface area contributed by atoms with Gasteiger partial charge in [0.1, 0.15) is 5.76 Å². The minimum absolute atomic E-state index is 0.120. The van der Waals surface area contributed by atoms with Crippen molar-refractivity contribution in [2.24, 2.45) is 0 Å². The molecule has 0 spiro atoms. The van der Waals surface area contributed by atoms with Gasteiger partial charge in [-0.2, -0.15) is 4.98 Å². The first-order valence-corrected chi connectivity index (χ1v) is 4.19. The van der Waals surface area contributed by atoms with E-state index in [1.54, 1.807) is 20.8 Å². The molecule has 80 valence electrons. The van der Waals surface area contributed by atoms with Crippen LogP contribution in [0.25, 0.3) is 0 Å². The molecule has 0 aliphatic rings. The summed E-state index contributed by atoms with van der Waals surface area (Å²) in [6.45, 7) is 5.33. The maximum atomic E-state index is 12.5. The summed E-state index contributed by atoms with van der Waals surface area (Å²) >= 11 is 0. The van der Waals surface area contributed by atoms with Crippen LogP contribution < -0.4 is 4.74 Å². The number of methoxy groups -OCH3 is 1. The van der Waals surface area contributed by atoms with E-state index in [1.807, 2.05) is 0 Å². The van der Waals surface area contributed by atoms with E-state index in [0.717, 1.165) is 0 Å². The maximum absolute atomic E-state index is 12.5.